The number of hydrogen-bond donors (Lipinski definition) is 1. The van der Waals surface area contributed by atoms with Gasteiger partial charge in [0.25, 0.3) is 0 Å². The Labute approximate surface area is 113 Å². The molecule has 0 spiro atoms. The van der Waals surface area contributed by atoms with Crippen molar-refractivity contribution in [3.05, 3.63) is 24.2 Å². The third-order valence-corrected chi connectivity index (χ3v) is 3.78. The number of pyridine rings is 1. The maximum Gasteiger partial charge on any atom is 0.435 e. The van der Waals surface area contributed by atoms with Crippen molar-refractivity contribution in [2.24, 2.45) is 0 Å². The third-order valence-electron chi connectivity index (χ3n) is 3.78. The fourth-order valence-corrected chi connectivity index (χ4v) is 2.82. The van der Waals surface area contributed by atoms with Crippen molar-refractivity contribution in [3.8, 4) is 0 Å². The Hall–Kier alpha value is -1.63. The molecule has 2 aromatic heterocycles. The van der Waals surface area contributed by atoms with Crippen LogP contribution in [0.25, 0.3) is 10.9 Å². The molecule has 20 heavy (non-hydrogen) atoms. The monoisotopic (exact) mass is 285 g/mol. The SMILES string of the molecule is OC1CCCCC1n1nc(C(F)(F)F)c2cnccc21. The van der Waals surface area contributed by atoms with E-state index in [1.807, 2.05) is 0 Å². The van der Waals surface area contributed by atoms with Gasteiger partial charge < -0.3 is 5.11 Å². The Morgan fingerprint density at radius 2 is 2.00 bits per heavy atom. The Bertz CT molecular complexity index is 623. The van der Waals surface area contributed by atoms with Gasteiger partial charge in [-0.25, -0.2) is 0 Å². The first-order valence-electron chi connectivity index (χ1n) is 6.56. The number of alkyl halides is 3. The molecule has 7 heteroatoms. The molecule has 1 aliphatic carbocycles. The maximum atomic E-state index is 13.0. The summed E-state index contributed by atoms with van der Waals surface area (Å²) in [5, 5.41) is 13.7. The van der Waals surface area contributed by atoms with E-state index in [0.717, 1.165) is 12.8 Å². The van der Waals surface area contributed by atoms with Crippen molar-refractivity contribution in [2.75, 3.05) is 0 Å². The number of hydrogen-bond acceptors (Lipinski definition) is 3. The van der Waals surface area contributed by atoms with Crippen LogP contribution in [0.2, 0.25) is 0 Å². The molecule has 108 valence electrons. The third kappa shape index (κ3) is 2.15. The molecule has 2 unspecified atom stereocenters. The van der Waals surface area contributed by atoms with E-state index < -0.39 is 24.0 Å². The topological polar surface area (TPSA) is 50.9 Å². The van der Waals surface area contributed by atoms with E-state index in [0.29, 0.717) is 18.4 Å². The van der Waals surface area contributed by atoms with Gasteiger partial charge in [0.05, 0.1) is 23.0 Å². The molecule has 0 saturated heterocycles. The number of halogens is 3. The summed E-state index contributed by atoms with van der Waals surface area (Å²) in [4.78, 5) is 3.75. The molecule has 2 atom stereocenters. The number of aliphatic hydroxyl groups is 1. The van der Waals surface area contributed by atoms with Crippen LogP contribution in [0.15, 0.2) is 18.5 Å². The predicted molar refractivity (Wildman–Crippen MR) is 66.0 cm³/mol. The Morgan fingerprint density at radius 3 is 2.70 bits per heavy atom. The van der Waals surface area contributed by atoms with Crippen LogP contribution >= 0.6 is 0 Å². The van der Waals surface area contributed by atoms with Gasteiger partial charge >= 0.3 is 6.18 Å². The minimum Gasteiger partial charge on any atom is -0.391 e. The fourth-order valence-electron chi connectivity index (χ4n) is 2.82. The van der Waals surface area contributed by atoms with Gasteiger partial charge in [0.1, 0.15) is 0 Å². The molecule has 1 fully saturated rings. The molecule has 0 radical (unpaired) electrons. The van der Waals surface area contributed by atoms with Gasteiger partial charge in [0.2, 0.25) is 0 Å². The van der Waals surface area contributed by atoms with Gasteiger partial charge in [-0.1, -0.05) is 12.8 Å². The molecule has 0 aliphatic heterocycles. The van der Waals surface area contributed by atoms with E-state index in [1.54, 1.807) is 0 Å². The number of aliphatic hydroxyl groups excluding tert-OH is 1. The maximum absolute atomic E-state index is 13.0. The highest BCUT2D eigenvalue weighted by Gasteiger charge is 2.38. The summed E-state index contributed by atoms with van der Waals surface area (Å²) in [6, 6.07) is 1.11. The highest BCUT2D eigenvalue weighted by atomic mass is 19.4. The van der Waals surface area contributed by atoms with Gasteiger partial charge in [-0.05, 0) is 18.9 Å². The summed E-state index contributed by atoms with van der Waals surface area (Å²) in [7, 11) is 0. The van der Waals surface area contributed by atoms with Gasteiger partial charge in [-0.15, -0.1) is 0 Å². The van der Waals surface area contributed by atoms with E-state index in [4.69, 9.17) is 0 Å². The van der Waals surface area contributed by atoms with Crippen LogP contribution in [-0.4, -0.2) is 26.0 Å². The van der Waals surface area contributed by atoms with E-state index >= 15 is 0 Å². The molecule has 0 aromatic carbocycles. The molecule has 4 nitrogen and oxygen atoms in total. The standard InChI is InChI=1S/C13H14F3N3O/c14-13(15,16)12-8-7-17-6-5-9(8)19(18-12)10-3-1-2-4-11(10)20/h5-7,10-11,20H,1-4H2. The lowest BCUT2D eigenvalue weighted by Gasteiger charge is -2.28. The summed E-state index contributed by atoms with van der Waals surface area (Å²) >= 11 is 0. The molecule has 3 rings (SSSR count). The summed E-state index contributed by atoms with van der Waals surface area (Å²) < 4.78 is 40.4. The van der Waals surface area contributed by atoms with Crippen molar-refractivity contribution in [2.45, 2.75) is 44.0 Å². The van der Waals surface area contributed by atoms with Crippen LogP contribution in [0.4, 0.5) is 13.2 Å². The summed E-state index contributed by atoms with van der Waals surface area (Å²) in [6.07, 6.45) is 0.454. The molecule has 0 bridgehead atoms. The lowest BCUT2D eigenvalue weighted by Crippen LogP contribution is -2.28. The number of fused-ring (bicyclic) bond motifs is 1. The number of aromatic nitrogens is 3. The van der Waals surface area contributed by atoms with Crippen LogP contribution in [0, 0.1) is 0 Å². The van der Waals surface area contributed by atoms with Crippen LogP contribution in [0.3, 0.4) is 0 Å². The molecule has 1 aliphatic rings. The zero-order valence-electron chi connectivity index (χ0n) is 10.6. The minimum atomic E-state index is -4.52. The molecule has 1 N–H and O–H groups in total. The summed E-state index contributed by atoms with van der Waals surface area (Å²) in [5.74, 6) is 0. The largest absolute Gasteiger partial charge is 0.435 e. The van der Waals surface area contributed by atoms with E-state index in [1.165, 1.54) is 23.1 Å². The number of rotatable bonds is 1. The zero-order chi connectivity index (χ0) is 14.3. The first kappa shape index (κ1) is 13.4. The Kier molecular flexibility index (Phi) is 3.16. The first-order chi connectivity index (χ1) is 9.48. The molecule has 2 aromatic rings. The van der Waals surface area contributed by atoms with Crippen molar-refractivity contribution >= 4 is 10.9 Å². The van der Waals surface area contributed by atoms with Gasteiger partial charge in [0.15, 0.2) is 5.69 Å². The lowest BCUT2D eigenvalue weighted by molar-refractivity contribution is -0.140. The quantitative estimate of drug-likeness (QED) is 0.876. The fraction of sp³-hybridized carbons (Fsp3) is 0.538. The lowest BCUT2D eigenvalue weighted by atomic mass is 9.92. The average Bonchev–Trinajstić information content (AvgIpc) is 2.79. The second-order valence-corrected chi connectivity index (χ2v) is 5.10. The Balaban J connectivity index is 2.16. The predicted octanol–water partition coefficient (Wildman–Crippen LogP) is 2.93. The van der Waals surface area contributed by atoms with E-state index in [-0.39, 0.29) is 5.39 Å². The highest BCUT2D eigenvalue weighted by molar-refractivity contribution is 5.81. The molecular weight excluding hydrogens is 271 g/mol. The van der Waals surface area contributed by atoms with Crippen LogP contribution in [0.1, 0.15) is 37.4 Å². The Morgan fingerprint density at radius 1 is 1.25 bits per heavy atom. The highest BCUT2D eigenvalue weighted by Crippen LogP contribution is 2.37. The van der Waals surface area contributed by atoms with Crippen LogP contribution in [0.5, 0.6) is 0 Å². The van der Waals surface area contributed by atoms with Crippen molar-refractivity contribution in [1.29, 1.82) is 0 Å². The van der Waals surface area contributed by atoms with Gasteiger partial charge in [-0.2, -0.15) is 18.3 Å². The average molecular weight is 285 g/mol. The molecule has 0 amide bonds. The van der Waals surface area contributed by atoms with E-state index in [2.05, 4.69) is 10.1 Å². The minimum absolute atomic E-state index is 0.0160. The smallest absolute Gasteiger partial charge is 0.391 e. The molecule has 2 heterocycles. The van der Waals surface area contributed by atoms with Crippen LogP contribution < -0.4 is 0 Å². The zero-order valence-corrected chi connectivity index (χ0v) is 10.6. The van der Waals surface area contributed by atoms with Gasteiger partial charge in [0, 0.05) is 12.4 Å². The van der Waals surface area contributed by atoms with Crippen molar-refractivity contribution < 1.29 is 18.3 Å². The molecule has 1 saturated carbocycles. The number of nitrogens with zero attached hydrogens (tertiary/aromatic N) is 3. The summed E-state index contributed by atoms with van der Waals surface area (Å²) in [6.45, 7) is 0. The second kappa shape index (κ2) is 4.73. The normalized spacial score (nSPS) is 24.2. The van der Waals surface area contributed by atoms with Crippen molar-refractivity contribution in [1.82, 2.24) is 14.8 Å². The van der Waals surface area contributed by atoms with Crippen molar-refractivity contribution in [3.63, 3.8) is 0 Å². The van der Waals surface area contributed by atoms with E-state index in [9.17, 15) is 18.3 Å². The van der Waals surface area contributed by atoms with Gasteiger partial charge in [-0.3, -0.25) is 9.67 Å². The second-order valence-electron chi connectivity index (χ2n) is 5.10. The molecular formula is C13H14F3N3O. The van der Waals surface area contributed by atoms with Crippen LogP contribution in [-0.2, 0) is 6.18 Å². The summed E-state index contributed by atoms with van der Waals surface area (Å²) in [5.41, 5.74) is -0.559. The first-order valence-corrected chi connectivity index (χ1v) is 6.56.